The molecule has 0 fully saturated rings. The van der Waals surface area contributed by atoms with Gasteiger partial charge < -0.3 is 20.1 Å². The van der Waals surface area contributed by atoms with Crippen molar-refractivity contribution in [3.63, 3.8) is 0 Å². The van der Waals surface area contributed by atoms with Crippen molar-refractivity contribution in [2.45, 2.75) is 322 Å². The Labute approximate surface area is 445 Å². The van der Waals surface area contributed by atoms with Crippen LogP contribution in [0.15, 0.2) is 36.5 Å². The lowest BCUT2D eigenvalue weighted by atomic mass is 10.0. The van der Waals surface area contributed by atoms with E-state index in [1.807, 2.05) is 0 Å². The van der Waals surface area contributed by atoms with Crippen molar-refractivity contribution in [1.29, 1.82) is 0 Å². The molecule has 0 aromatic carbocycles. The lowest BCUT2D eigenvalue weighted by Gasteiger charge is -2.19. The van der Waals surface area contributed by atoms with Crippen LogP contribution in [-0.4, -0.2) is 49.3 Å². The van der Waals surface area contributed by atoms with Crippen molar-refractivity contribution in [2.24, 2.45) is 5.73 Å². The van der Waals surface area contributed by atoms with E-state index in [2.05, 4.69) is 50.3 Å². The molecule has 424 valence electrons. The fourth-order valence-electron chi connectivity index (χ4n) is 9.13. The molecule has 0 aliphatic carbocycles. The zero-order valence-corrected chi connectivity index (χ0v) is 48.3. The number of carbonyl (C=O) groups excluding carboxylic acids is 2. The molecular formula is C62H118NO8P. The zero-order valence-electron chi connectivity index (χ0n) is 47.4. The quantitative estimate of drug-likeness (QED) is 0.0264. The molecule has 10 heteroatoms. The SMILES string of the molecule is CCCCCC/C=C\C/C=C\CCCCCCCCCC(=O)OC(COC(=O)CCCCCCCCCCCCCCCCCCCCCCC/C=C\CCCCCCCCCC)COP(=O)(O)OCCN. The van der Waals surface area contributed by atoms with Gasteiger partial charge in [-0.05, 0) is 70.6 Å². The van der Waals surface area contributed by atoms with E-state index in [1.165, 1.54) is 231 Å². The molecule has 0 aliphatic heterocycles. The molecule has 9 nitrogen and oxygen atoms in total. The standard InChI is InChI=1S/C62H118NO8P/c1-3-5-7-9-11-13-15-17-19-21-23-24-25-26-27-28-29-30-31-32-33-34-35-36-37-39-40-42-44-46-48-50-52-54-61(64)68-58-60(59-70-72(66,67)69-57-56-63)71-62(65)55-53-51-49-47-45-43-41-38-22-20-18-16-14-12-10-8-6-4-2/h14,16,20-23,60H,3-13,15,17-19,24-59,63H2,1-2H3,(H,66,67)/b16-14-,22-20-,23-21-. The first kappa shape index (κ1) is 70.2. The van der Waals surface area contributed by atoms with Gasteiger partial charge in [0.1, 0.15) is 6.61 Å². The fourth-order valence-corrected chi connectivity index (χ4v) is 9.90. The number of allylic oxidation sites excluding steroid dienone is 6. The summed E-state index contributed by atoms with van der Waals surface area (Å²) in [6.45, 7) is 3.76. The summed E-state index contributed by atoms with van der Waals surface area (Å²) in [6, 6.07) is 0. The highest BCUT2D eigenvalue weighted by molar-refractivity contribution is 7.47. The number of nitrogens with two attached hydrogens (primary N) is 1. The number of unbranched alkanes of at least 4 members (excludes halogenated alkanes) is 40. The second-order valence-corrected chi connectivity index (χ2v) is 22.4. The second-order valence-electron chi connectivity index (χ2n) is 20.9. The fraction of sp³-hybridized carbons (Fsp3) is 0.871. The molecule has 0 saturated carbocycles. The Morgan fingerprint density at radius 2 is 0.722 bits per heavy atom. The van der Waals surface area contributed by atoms with Crippen LogP contribution in [0.4, 0.5) is 0 Å². The highest BCUT2D eigenvalue weighted by atomic mass is 31.2. The lowest BCUT2D eigenvalue weighted by Crippen LogP contribution is -2.29. The Bertz CT molecular complexity index is 1270. The zero-order chi connectivity index (χ0) is 52.4. The van der Waals surface area contributed by atoms with Crippen LogP contribution in [-0.2, 0) is 32.7 Å². The largest absolute Gasteiger partial charge is 0.472 e. The van der Waals surface area contributed by atoms with Crippen molar-refractivity contribution >= 4 is 19.8 Å². The third-order valence-electron chi connectivity index (χ3n) is 13.7. The molecule has 2 unspecified atom stereocenters. The predicted molar refractivity (Wildman–Crippen MR) is 307 cm³/mol. The van der Waals surface area contributed by atoms with E-state index < -0.39 is 26.5 Å². The summed E-state index contributed by atoms with van der Waals surface area (Å²) < 4.78 is 33.0. The molecule has 0 saturated heterocycles. The average molecular weight is 1040 g/mol. The maximum atomic E-state index is 12.7. The minimum absolute atomic E-state index is 0.0532. The van der Waals surface area contributed by atoms with Crippen molar-refractivity contribution in [3.8, 4) is 0 Å². The van der Waals surface area contributed by atoms with Gasteiger partial charge in [-0.1, -0.05) is 269 Å². The van der Waals surface area contributed by atoms with E-state index in [0.29, 0.717) is 6.42 Å². The first-order valence-corrected chi connectivity index (χ1v) is 32.5. The molecule has 3 N–H and O–H groups in total. The molecule has 0 aromatic rings. The number of ether oxygens (including phenoxy) is 2. The Morgan fingerprint density at radius 3 is 1.08 bits per heavy atom. The van der Waals surface area contributed by atoms with Crippen LogP contribution >= 0.6 is 7.82 Å². The van der Waals surface area contributed by atoms with Crippen molar-refractivity contribution < 1.29 is 37.6 Å². The van der Waals surface area contributed by atoms with Gasteiger partial charge in [-0.2, -0.15) is 0 Å². The normalized spacial score (nSPS) is 13.2. The van der Waals surface area contributed by atoms with E-state index >= 15 is 0 Å². The third-order valence-corrected chi connectivity index (χ3v) is 14.7. The van der Waals surface area contributed by atoms with Gasteiger partial charge in [-0.3, -0.25) is 18.6 Å². The molecular weight excluding hydrogens is 918 g/mol. The molecule has 72 heavy (non-hydrogen) atoms. The topological polar surface area (TPSA) is 134 Å². The monoisotopic (exact) mass is 1040 g/mol. The number of carbonyl (C=O) groups is 2. The third kappa shape index (κ3) is 57.5. The van der Waals surface area contributed by atoms with Crippen LogP contribution in [0.25, 0.3) is 0 Å². The van der Waals surface area contributed by atoms with Crippen LogP contribution in [0.2, 0.25) is 0 Å². The Hall–Kier alpha value is -1.77. The minimum Gasteiger partial charge on any atom is -0.462 e. The van der Waals surface area contributed by atoms with Gasteiger partial charge in [0.15, 0.2) is 6.10 Å². The first-order chi connectivity index (χ1) is 35.3. The van der Waals surface area contributed by atoms with Gasteiger partial charge >= 0.3 is 19.8 Å². The van der Waals surface area contributed by atoms with E-state index in [9.17, 15) is 19.0 Å². The molecule has 0 heterocycles. The highest BCUT2D eigenvalue weighted by Gasteiger charge is 2.26. The number of phosphoric ester groups is 1. The van der Waals surface area contributed by atoms with E-state index in [-0.39, 0.29) is 38.6 Å². The smallest absolute Gasteiger partial charge is 0.462 e. The number of hydrogen-bond acceptors (Lipinski definition) is 8. The van der Waals surface area contributed by atoms with E-state index in [4.69, 9.17) is 24.3 Å². The predicted octanol–water partition coefficient (Wildman–Crippen LogP) is 19.6. The van der Waals surface area contributed by atoms with Gasteiger partial charge in [-0.25, -0.2) is 4.57 Å². The maximum Gasteiger partial charge on any atom is 0.472 e. The van der Waals surface area contributed by atoms with E-state index in [0.717, 1.165) is 51.4 Å². The number of phosphoric acid groups is 1. The summed E-state index contributed by atoms with van der Waals surface area (Å²) in [7, 11) is -4.39. The Kier molecular flexibility index (Phi) is 57.1. The van der Waals surface area contributed by atoms with Crippen molar-refractivity contribution in [3.05, 3.63) is 36.5 Å². The van der Waals surface area contributed by atoms with Gasteiger partial charge in [0, 0.05) is 19.4 Å². The summed E-state index contributed by atoms with van der Waals surface area (Å²) in [5, 5.41) is 0. The molecule has 0 amide bonds. The Morgan fingerprint density at radius 1 is 0.417 bits per heavy atom. The molecule has 0 bridgehead atoms. The molecule has 2 atom stereocenters. The van der Waals surface area contributed by atoms with E-state index in [1.54, 1.807) is 0 Å². The van der Waals surface area contributed by atoms with Crippen LogP contribution in [0.5, 0.6) is 0 Å². The molecule has 0 aromatic heterocycles. The van der Waals surface area contributed by atoms with Crippen molar-refractivity contribution in [1.82, 2.24) is 0 Å². The van der Waals surface area contributed by atoms with Crippen LogP contribution < -0.4 is 5.73 Å². The molecule has 0 aliphatic rings. The molecule has 0 rings (SSSR count). The van der Waals surface area contributed by atoms with Gasteiger partial charge in [-0.15, -0.1) is 0 Å². The minimum atomic E-state index is -4.39. The molecule has 0 radical (unpaired) electrons. The average Bonchev–Trinajstić information content (AvgIpc) is 3.37. The summed E-state index contributed by atoms with van der Waals surface area (Å²) in [5.41, 5.74) is 5.38. The van der Waals surface area contributed by atoms with Crippen LogP contribution in [0.3, 0.4) is 0 Å². The number of hydrogen-bond donors (Lipinski definition) is 2. The summed E-state index contributed by atoms with van der Waals surface area (Å²) in [5.74, 6) is -0.822. The van der Waals surface area contributed by atoms with Crippen molar-refractivity contribution in [2.75, 3.05) is 26.4 Å². The van der Waals surface area contributed by atoms with Gasteiger partial charge in [0.05, 0.1) is 13.2 Å². The summed E-state index contributed by atoms with van der Waals surface area (Å²) in [6.07, 6.45) is 70.8. The number of rotatable bonds is 59. The second kappa shape index (κ2) is 58.5. The van der Waals surface area contributed by atoms with Crippen LogP contribution in [0, 0.1) is 0 Å². The summed E-state index contributed by atoms with van der Waals surface area (Å²) in [4.78, 5) is 35.2. The van der Waals surface area contributed by atoms with Gasteiger partial charge in [0.2, 0.25) is 0 Å². The lowest BCUT2D eigenvalue weighted by molar-refractivity contribution is -0.161. The maximum absolute atomic E-state index is 12.7. The van der Waals surface area contributed by atoms with Crippen LogP contribution in [0.1, 0.15) is 316 Å². The first-order valence-electron chi connectivity index (χ1n) is 31.0. The summed E-state index contributed by atoms with van der Waals surface area (Å²) >= 11 is 0. The highest BCUT2D eigenvalue weighted by Crippen LogP contribution is 2.43. The Balaban J connectivity index is 3.84. The molecule has 0 spiro atoms. The van der Waals surface area contributed by atoms with Gasteiger partial charge in [0.25, 0.3) is 0 Å². The number of esters is 2.